The van der Waals surface area contributed by atoms with Gasteiger partial charge in [-0.05, 0) is 22.4 Å². The van der Waals surface area contributed by atoms with Gasteiger partial charge in [-0.2, -0.15) is 11.8 Å². The van der Waals surface area contributed by atoms with Crippen molar-refractivity contribution in [2.45, 2.75) is 12.1 Å². The first-order chi connectivity index (χ1) is 9.20. The third-order valence-corrected chi connectivity index (χ3v) is 4.24. The topological polar surface area (TPSA) is 66.5 Å². The van der Waals surface area contributed by atoms with Crippen LogP contribution in [0.25, 0.3) is 10.8 Å². The van der Waals surface area contributed by atoms with Crippen LogP contribution in [0.4, 0.5) is 0 Å². The molecular formula is C15H19NO2S. The van der Waals surface area contributed by atoms with Crippen LogP contribution in [0.1, 0.15) is 11.6 Å². The van der Waals surface area contributed by atoms with Crippen LogP contribution < -0.4 is 5.73 Å². The lowest BCUT2D eigenvalue weighted by Gasteiger charge is -2.13. The van der Waals surface area contributed by atoms with Gasteiger partial charge in [0.15, 0.2) is 0 Å². The Hall–Kier alpha value is -1.07. The zero-order chi connectivity index (χ0) is 13.7. The Balaban J connectivity index is 1.99. The summed E-state index contributed by atoms with van der Waals surface area (Å²) in [5.41, 5.74) is 7.25. The zero-order valence-electron chi connectivity index (χ0n) is 10.7. The summed E-state index contributed by atoms with van der Waals surface area (Å²) in [6, 6.07) is 14.4. The van der Waals surface area contributed by atoms with E-state index in [-0.39, 0.29) is 12.6 Å². The number of hydrogen-bond donors (Lipinski definition) is 3. The maximum Gasteiger partial charge on any atom is 0.0861 e. The molecule has 0 saturated carbocycles. The lowest BCUT2D eigenvalue weighted by atomic mass is 10.0. The Morgan fingerprint density at radius 3 is 2.53 bits per heavy atom. The van der Waals surface area contributed by atoms with Crippen LogP contribution in [0.5, 0.6) is 0 Å². The highest BCUT2D eigenvalue weighted by atomic mass is 32.2. The molecule has 4 heteroatoms. The minimum atomic E-state index is -0.659. The summed E-state index contributed by atoms with van der Waals surface area (Å²) in [5, 5.41) is 20.4. The third-order valence-electron chi connectivity index (χ3n) is 3.02. The van der Waals surface area contributed by atoms with Gasteiger partial charge in [0.25, 0.3) is 0 Å². The molecule has 0 aliphatic carbocycles. The van der Waals surface area contributed by atoms with E-state index in [1.807, 2.05) is 12.1 Å². The van der Waals surface area contributed by atoms with Crippen molar-refractivity contribution >= 4 is 22.5 Å². The SMILES string of the molecule is NC(CSCC(O)CO)c1ccc2ccccc2c1. The van der Waals surface area contributed by atoms with E-state index < -0.39 is 6.10 Å². The van der Waals surface area contributed by atoms with E-state index in [9.17, 15) is 5.11 Å². The molecule has 2 aromatic carbocycles. The maximum absolute atomic E-state index is 9.27. The van der Waals surface area contributed by atoms with Crippen LogP contribution in [0.15, 0.2) is 42.5 Å². The van der Waals surface area contributed by atoms with Gasteiger partial charge in [-0.3, -0.25) is 0 Å². The zero-order valence-corrected chi connectivity index (χ0v) is 11.5. The van der Waals surface area contributed by atoms with E-state index in [4.69, 9.17) is 10.8 Å². The molecule has 0 aliphatic rings. The molecule has 2 unspecified atom stereocenters. The predicted octanol–water partition coefficient (Wildman–Crippen LogP) is 1.93. The Kier molecular flexibility index (Phi) is 5.22. The monoisotopic (exact) mass is 277 g/mol. The van der Waals surface area contributed by atoms with Crippen LogP contribution in [0, 0.1) is 0 Å². The van der Waals surface area contributed by atoms with E-state index in [2.05, 4.69) is 30.3 Å². The van der Waals surface area contributed by atoms with Gasteiger partial charge in [-0.15, -0.1) is 0 Å². The lowest BCUT2D eigenvalue weighted by molar-refractivity contribution is 0.113. The molecule has 0 fully saturated rings. The van der Waals surface area contributed by atoms with Gasteiger partial charge < -0.3 is 15.9 Å². The molecule has 0 radical (unpaired) electrons. The molecule has 0 saturated heterocycles. The van der Waals surface area contributed by atoms with Crippen molar-refractivity contribution in [3.8, 4) is 0 Å². The third kappa shape index (κ3) is 3.94. The van der Waals surface area contributed by atoms with Crippen LogP contribution in [0.3, 0.4) is 0 Å². The average Bonchev–Trinajstić information content (AvgIpc) is 2.46. The van der Waals surface area contributed by atoms with Gasteiger partial charge >= 0.3 is 0 Å². The fraction of sp³-hybridized carbons (Fsp3) is 0.333. The summed E-state index contributed by atoms with van der Waals surface area (Å²) in [6.07, 6.45) is -0.659. The molecule has 0 amide bonds. The van der Waals surface area contributed by atoms with Gasteiger partial charge in [0.1, 0.15) is 0 Å². The molecule has 2 atom stereocenters. The van der Waals surface area contributed by atoms with Gasteiger partial charge in [0, 0.05) is 17.5 Å². The minimum absolute atomic E-state index is 0.0551. The molecule has 4 N–H and O–H groups in total. The number of rotatable bonds is 6. The molecule has 3 nitrogen and oxygen atoms in total. The number of aliphatic hydroxyl groups is 2. The number of nitrogens with two attached hydrogens (primary N) is 1. The first kappa shape index (κ1) is 14.3. The van der Waals surface area contributed by atoms with Crippen LogP contribution in [-0.4, -0.2) is 34.4 Å². The number of benzene rings is 2. The Morgan fingerprint density at radius 2 is 1.79 bits per heavy atom. The fourth-order valence-corrected chi connectivity index (χ4v) is 2.88. The summed E-state index contributed by atoms with van der Waals surface area (Å²) in [7, 11) is 0. The quantitative estimate of drug-likeness (QED) is 0.755. The van der Waals surface area contributed by atoms with Crippen molar-refractivity contribution in [1.29, 1.82) is 0 Å². The van der Waals surface area contributed by atoms with E-state index in [1.165, 1.54) is 10.8 Å². The van der Waals surface area contributed by atoms with Crippen molar-refractivity contribution < 1.29 is 10.2 Å². The van der Waals surface area contributed by atoms with E-state index >= 15 is 0 Å². The summed E-state index contributed by atoms with van der Waals surface area (Å²) in [5.74, 6) is 1.24. The molecule has 2 aromatic rings. The van der Waals surface area contributed by atoms with Crippen LogP contribution >= 0.6 is 11.8 Å². The second kappa shape index (κ2) is 6.91. The Morgan fingerprint density at radius 1 is 1.05 bits per heavy atom. The fourth-order valence-electron chi connectivity index (χ4n) is 1.92. The first-order valence-corrected chi connectivity index (χ1v) is 7.47. The maximum atomic E-state index is 9.27. The van der Waals surface area contributed by atoms with E-state index in [0.717, 1.165) is 11.3 Å². The second-order valence-electron chi connectivity index (χ2n) is 4.59. The van der Waals surface area contributed by atoms with Crippen molar-refractivity contribution in [1.82, 2.24) is 0 Å². The average molecular weight is 277 g/mol. The highest BCUT2D eigenvalue weighted by Gasteiger charge is 2.08. The van der Waals surface area contributed by atoms with Crippen molar-refractivity contribution in [2.75, 3.05) is 18.1 Å². The highest BCUT2D eigenvalue weighted by Crippen LogP contribution is 2.21. The van der Waals surface area contributed by atoms with Gasteiger partial charge in [0.05, 0.1) is 12.7 Å². The van der Waals surface area contributed by atoms with Crippen molar-refractivity contribution in [3.63, 3.8) is 0 Å². The minimum Gasteiger partial charge on any atom is -0.394 e. The summed E-state index contributed by atoms with van der Waals surface area (Å²) in [4.78, 5) is 0. The standard InChI is InChI=1S/C15H19NO2S/c16-15(10-19-9-14(18)8-17)13-6-5-11-3-1-2-4-12(11)7-13/h1-7,14-15,17-18H,8-10,16H2. The molecule has 0 heterocycles. The second-order valence-corrected chi connectivity index (χ2v) is 5.66. The number of hydrogen-bond acceptors (Lipinski definition) is 4. The number of thioether (sulfide) groups is 1. The molecule has 0 aromatic heterocycles. The van der Waals surface area contributed by atoms with E-state index in [0.29, 0.717) is 5.75 Å². The summed E-state index contributed by atoms with van der Waals surface area (Å²) < 4.78 is 0. The Labute approximate surface area is 117 Å². The molecule has 0 bridgehead atoms. The summed E-state index contributed by atoms with van der Waals surface area (Å²) >= 11 is 1.56. The lowest BCUT2D eigenvalue weighted by Crippen LogP contribution is -2.18. The smallest absolute Gasteiger partial charge is 0.0861 e. The normalized spacial score (nSPS) is 14.5. The van der Waals surface area contributed by atoms with Gasteiger partial charge in [-0.1, -0.05) is 36.4 Å². The highest BCUT2D eigenvalue weighted by molar-refractivity contribution is 7.99. The largest absolute Gasteiger partial charge is 0.394 e. The molecule has 102 valence electrons. The van der Waals surface area contributed by atoms with Gasteiger partial charge in [-0.25, -0.2) is 0 Å². The summed E-state index contributed by atoms with van der Waals surface area (Å²) in [6.45, 7) is -0.196. The first-order valence-electron chi connectivity index (χ1n) is 6.31. The van der Waals surface area contributed by atoms with Crippen LogP contribution in [0.2, 0.25) is 0 Å². The van der Waals surface area contributed by atoms with E-state index in [1.54, 1.807) is 11.8 Å². The van der Waals surface area contributed by atoms with Crippen molar-refractivity contribution in [3.05, 3.63) is 48.0 Å². The molecule has 0 spiro atoms. The Bertz CT molecular complexity index is 532. The molecule has 0 aliphatic heterocycles. The number of aliphatic hydroxyl groups excluding tert-OH is 2. The van der Waals surface area contributed by atoms with Crippen LogP contribution in [-0.2, 0) is 0 Å². The van der Waals surface area contributed by atoms with Crippen molar-refractivity contribution in [2.24, 2.45) is 5.73 Å². The van der Waals surface area contributed by atoms with Gasteiger partial charge in [0.2, 0.25) is 0 Å². The molecule has 19 heavy (non-hydrogen) atoms. The molecular weight excluding hydrogens is 258 g/mol. The number of fused-ring (bicyclic) bond motifs is 1. The molecule has 2 rings (SSSR count). The predicted molar refractivity (Wildman–Crippen MR) is 81.3 cm³/mol.